The monoisotopic (exact) mass is 271 g/mol. The molecule has 0 unspecified atom stereocenters. The van der Waals surface area contributed by atoms with Gasteiger partial charge in [-0.1, -0.05) is 19.1 Å². The van der Waals surface area contributed by atoms with Crippen LogP contribution in [0.25, 0.3) is 0 Å². The smallest absolute Gasteiger partial charge is 0.122 e. The molecule has 106 valence electrons. The zero-order chi connectivity index (χ0) is 13.8. The highest BCUT2D eigenvalue weighted by atomic mass is 16.5. The van der Waals surface area contributed by atoms with Gasteiger partial charge in [0.2, 0.25) is 0 Å². The van der Waals surface area contributed by atoms with Crippen molar-refractivity contribution in [3.8, 4) is 5.75 Å². The van der Waals surface area contributed by atoms with E-state index in [0.717, 1.165) is 50.5 Å². The highest BCUT2D eigenvalue weighted by Gasteiger charge is 2.11. The molecule has 1 N–H and O–H groups in total. The van der Waals surface area contributed by atoms with Gasteiger partial charge in [-0.15, -0.1) is 0 Å². The van der Waals surface area contributed by atoms with Gasteiger partial charge in [0.15, 0.2) is 0 Å². The maximum atomic E-state index is 5.53. The Labute approximate surface area is 119 Å². The van der Waals surface area contributed by atoms with Gasteiger partial charge in [0.25, 0.3) is 0 Å². The molecular weight excluding hydrogens is 250 g/mol. The van der Waals surface area contributed by atoms with Crippen LogP contribution in [0.3, 0.4) is 0 Å². The van der Waals surface area contributed by atoms with E-state index < -0.39 is 0 Å². The highest BCUT2D eigenvalue weighted by Crippen LogP contribution is 2.26. The van der Waals surface area contributed by atoms with E-state index in [1.807, 2.05) is 6.33 Å². The third-order valence-corrected chi connectivity index (χ3v) is 3.66. The fourth-order valence-corrected chi connectivity index (χ4v) is 2.53. The van der Waals surface area contributed by atoms with E-state index in [4.69, 9.17) is 4.74 Å². The van der Waals surface area contributed by atoms with E-state index in [1.165, 1.54) is 11.1 Å². The summed E-state index contributed by atoms with van der Waals surface area (Å²) in [5, 5.41) is 3.29. The topological polar surface area (TPSA) is 39.1 Å². The molecule has 2 heterocycles. The summed E-state index contributed by atoms with van der Waals surface area (Å²) in [6.45, 7) is 5.73. The summed E-state index contributed by atoms with van der Waals surface area (Å²) in [6, 6.07) is 6.54. The number of fused-ring (bicyclic) bond motifs is 1. The van der Waals surface area contributed by atoms with Crippen LogP contribution in [0.5, 0.6) is 5.75 Å². The Morgan fingerprint density at radius 3 is 3.25 bits per heavy atom. The van der Waals surface area contributed by atoms with Crippen molar-refractivity contribution in [2.75, 3.05) is 13.2 Å². The Balaban J connectivity index is 1.57. The lowest BCUT2D eigenvalue weighted by atomic mass is 10.1. The maximum Gasteiger partial charge on any atom is 0.122 e. The van der Waals surface area contributed by atoms with Crippen molar-refractivity contribution < 1.29 is 4.74 Å². The maximum absolute atomic E-state index is 5.53. The number of hydrogen-bond donors (Lipinski definition) is 1. The summed E-state index contributed by atoms with van der Waals surface area (Å²) in [6.07, 6.45) is 6.12. The molecule has 0 saturated carbocycles. The lowest BCUT2D eigenvalue weighted by Gasteiger charge is -2.05. The van der Waals surface area contributed by atoms with Crippen LogP contribution in [-0.2, 0) is 25.9 Å². The summed E-state index contributed by atoms with van der Waals surface area (Å²) in [7, 11) is 0. The minimum atomic E-state index is 0.827. The third kappa shape index (κ3) is 3.02. The Kier molecular flexibility index (Phi) is 4.02. The molecule has 0 saturated heterocycles. The number of imidazole rings is 1. The fourth-order valence-electron chi connectivity index (χ4n) is 2.53. The fraction of sp³-hybridized carbons (Fsp3) is 0.438. The standard InChI is InChI=1S/C16H21N3O/c1-2-17-10-15-11-19(12-18-15)7-5-13-3-4-16-14(9-13)6-8-20-16/h3-4,9,11-12,17H,2,5-8,10H2,1H3. The molecule has 0 spiro atoms. The van der Waals surface area contributed by atoms with Gasteiger partial charge >= 0.3 is 0 Å². The van der Waals surface area contributed by atoms with E-state index in [0.29, 0.717) is 0 Å². The van der Waals surface area contributed by atoms with Gasteiger partial charge in [0.05, 0.1) is 18.6 Å². The molecule has 1 aromatic carbocycles. The van der Waals surface area contributed by atoms with Crippen molar-refractivity contribution in [1.82, 2.24) is 14.9 Å². The number of rotatable bonds is 6. The van der Waals surface area contributed by atoms with Crippen LogP contribution in [0.15, 0.2) is 30.7 Å². The second-order valence-electron chi connectivity index (χ2n) is 5.17. The summed E-state index contributed by atoms with van der Waals surface area (Å²) >= 11 is 0. The molecular formula is C16H21N3O. The molecule has 0 fully saturated rings. The quantitative estimate of drug-likeness (QED) is 0.875. The first-order chi connectivity index (χ1) is 9.85. The molecule has 0 bridgehead atoms. The van der Waals surface area contributed by atoms with E-state index >= 15 is 0 Å². The minimum Gasteiger partial charge on any atom is -0.493 e. The molecule has 1 aromatic heterocycles. The van der Waals surface area contributed by atoms with Crippen LogP contribution in [0.4, 0.5) is 0 Å². The number of ether oxygens (including phenoxy) is 1. The van der Waals surface area contributed by atoms with Crippen LogP contribution < -0.4 is 10.1 Å². The van der Waals surface area contributed by atoms with Crippen molar-refractivity contribution >= 4 is 0 Å². The third-order valence-electron chi connectivity index (χ3n) is 3.66. The number of nitrogens with one attached hydrogen (secondary N) is 1. The molecule has 1 aliphatic rings. The number of nitrogens with zero attached hydrogens (tertiary/aromatic N) is 2. The van der Waals surface area contributed by atoms with Gasteiger partial charge in [-0.2, -0.15) is 0 Å². The van der Waals surface area contributed by atoms with Gasteiger partial charge in [0, 0.05) is 25.7 Å². The number of benzene rings is 1. The zero-order valence-corrected chi connectivity index (χ0v) is 11.9. The molecule has 0 atom stereocenters. The first-order valence-corrected chi connectivity index (χ1v) is 7.31. The Morgan fingerprint density at radius 1 is 1.40 bits per heavy atom. The van der Waals surface area contributed by atoms with Crippen LogP contribution in [-0.4, -0.2) is 22.7 Å². The number of hydrogen-bond acceptors (Lipinski definition) is 3. The summed E-state index contributed by atoms with van der Waals surface area (Å²) in [5.74, 6) is 1.06. The van der Waals surface area contributed by atoms with Crippen molar-refractivity contribution in [2.45, 2.75) is 32.9 Å². The van der Waals surface area contributed by atoms with Crippen LogP contribution in [0, 0.1) is 0 Å². The van der Waals surface area contributed by atoms with Gasteiger partial charge in [-0.25, -0.2) is 4.98 Å². The SMILES string of the molecule is CCNCc1cn(CCc2ccc3c(c2)CCO3)cn1. The lowest BCUT2D eigenvalue weighted by Crippen LogP contribution is -2.11. The van der Waals surface area contributed by atoms with Gasteiger partial charge in [-0.05, 0) is 30.2 Å². The lowest BCUT2D eigenvalue weighted by molar-refractivity contribution is 0.357. The molecule has 20 heavy (non-hydrogen) atoms. The Bertz CT molecular complexity index is 577. The van der Waals surface area contributed by atoms with Crippen LogP contribution >= 0.6 is 0 Å². The number of aryl methyl sites for hydroxylation is 2. The molecule has 4 nitrogen and oxygen atoms in total. The molecule has 0 radical (unpaired) electrons. The van der Waals surface area contributed by atoms with Crippen LogP contribution in [0.2, 0.25) is 0 Å². The molecule has 0 aliphatic carbocycles. The van der Waals surface area contributed by atoms with E-state index in [2.05, 4.69) is 46.2 Å². The molecule has 3 rings (SSSR count). The summed E-state index contributed by atoms with van der Waals surface area (Å²) in [5.41, 5.74) is 3.83. The first kappa shape index (κ1) is 13.2. The summed E-state index contributed by atoms with van der Waals surface area (Å²) in [4.78, 5) is 4.40. The zero-order valence-electron chi connectivity index (χ0n) is 11.9. The second-order valence-corrected chi connectivity index (χ2v) is 5.17. The first-order valence-electron chi connectivity index (χ1n) is 7.31. The van der Waals surface area contributed by atoms with Gasteiger partial charge < -0.3 is 14.6 Å². The second kappa shape index (κ2) is 6.09. The van der Waals surface area contributed by atoms with Crippen molar-refractivity contribution in [3.05, 3.63) is 47.5 Å². The molecule has 0 amide bonds. The predicted molar refractivity (Wildman–Crippen MR) is 79.0 cm³/mol. The van der Waals surface area contributed by atoms with E-state index in [1.54, 1.807) is 0 Å². The van der Waals surface area contributed by atoms with Crippen molar-refractivity contribution in [2.24, 2.45) is 0 Å². The van der Waals surface area contributed by atoms with Crippen molar-refractivity contribution in [3.63, 3.8) is 0 Å². The number of aromatic nitrogens is 2. The van der Waals surface area contributed by atoms with Crippen molar-refractivity contribution in [1.29, 1.82) is 0 Å². The minimum absolute atomic E-state index is 0.827. The molecule has 2 aromatic rings. The van der Waals surface area contributed by atoms with Gasteiger partial charge in [-0.3, -0.25) is 0 Å². The average molecular weight is 271 g/mol. The highest BCUT2D eigenvalue weighted by molar-refractivity contribution is 5.39. The van der Waals surface area contributed by atoms with Crippen LogP contribution in [0.1, 0.15) is 23.7 Å². The summed E-state index contributed by atoms with van der Waals surface area (Å²) < 4.78 is 7.70. The van der Waals surface area contributed by atoms with E-state index in [-0.39, 0.29) is 0 Å². The van der Waals surface area contributed by atoms with E-state index in [9.17, 15) is 0 Å². The predicted octanol–water partition coefficient (Wildman–Crippen LogP) is 2.17. The molecule has 4 heteroatoms. The Morgan fingerprint density at radius 2 is 2.35 bits per heavy atom. The van der Waals surface area contributed by atoms with Gasteiger partial charge in [0.1, 0.15) is 5.75 Å². The normalized spacial score (nSPS) is 13.2. The largest absolute Gasteiger partial charge is 0.493 e. The molecule has 1 aliphatic heterocycles. The Hall–Kier alpha value is -1.81. The average Bonchev–Trinajstić information content (AvgIpc) is 3.11.